The van der Waals surface area contributed by atoms with E-state index in [1.165, 1.54) is 25.7 Å². The van der Waals surface area contributed by atoms with E-state index in [-0.39, 0.29) is 18.8 Å². The topological polar surface area (TPSA) is 78.8 Å². The molecule has 0 aromatic heterocycles. The molecule has 5 heteroatoms. The van der Waals surface area contributed by atoms with E-state index in [0.717, 1.165) is 55.9 Å². The summed E-state index contributed by atoms with van der Waals surface area (Å²) in [7, 11) is 0. The van der Waals surface area contributed by atoms with Crippen LogP contribution in [0.15, 0.2) is 24.3 Å². The number of carboxylic acid groups (broad SMARTS) is 1. The molecule has 2 unspecified atom stereocenters. The average Bonchev–Trinajstić information content (AvgIpc) is 2.69. The molecule has 1 aromatic rings. The Kier molecular flexibility index (Phi) is 7.53. The summed E-state index contributed by atoms with van der Waals surface area (Å²) in [5.41, 5.74) is 1.16. The number of aliphatic carboxylic acids is 1. The molecule has 3 N–H and O–H groups in total. The Hall–Kier alpha value is -1.59. The van der Waals surface area contributed by atoms with Gasteiger partial charge in [0, 0.05) is 6.04 Å². The summed E-state index contributed by atoms with van der Waals surface area (Å²) in [6, 6.07) is 8.16. The second-order valence-corrected chi connectivity index (χ2v) is 8.14. The number of benzene rings is 1. The van der Waals surface area contributed by atoms with Gasteiger partial charge in [0.1, 0.15) is 5.75 Å². The lowest BCUT2D eigenvalue weighted by molar-refractivity contribution is -0.139. The molecule has 0 bridgehead atoms. The van der Waals surface area contributed by atoms with Gasteiger partial charge in [0.15, 0.2) is 6.61 Å². The summed E-state index contributed by atoms with van der Waals surface area (Å²) >= 11 is 0. The van der Waals surface area contributed by atoms with Gasteiger partial charge in [0.05, 0.1) is 6.10 Å². The van der Waals surface area contributed by atoms with Crippen LogP contribution in [-0.4, -0.2) is 41.5 Å². The second-order valence-electron chi connectivity index (χ2n) is 8.14. The highest BCUT2D eigenvalue weighted by atomic mass is 16.5. The average molecular weight is 376 g/mol. The molecule has 5 nitrogen and oxygen atoms in total. The SMILES string of the molecule is O=C(O)COc1ccccc1C1CCC(CCCC2NCCCC2O)CC1. The van der Waals surface area contributed by atoms with E-state index in [2.05, 4.69) is 11.4 Å². The zero-order valence-corrected chi connectivity index (χ0v) is 16.1. The molecule has 1 aromatic carbocycles. The van der Waals surface area contributed by atoms with Crippen molar-refractivity contribution >= 4 is 5.97 Å². The van der Waals surface area contributed by atoms with Crippen LogP contribution >= 0.6 is 0 Å². The fraction of sp³-hybridized carbons (Fsp3) is 0.682. The monoisotopic (exact) mass is 375 g/mol. The number of para-hydroxylation sites is 1. The highest BCUT2D eigenvalue weighted by Gasteiger charge is 2.26. The van der Waals surface area contributed by atoms with Crippen LogP contribution in [0, 0.1) is 5.92 Å². The highest BCUT2D eigenvalue weighted by Crippen LogP contribution is 2.40. The van der Waals surface area contributed by atoms with Crippen LogP contribution in [0.2, 0.25) is 0 Å². The van der Waals surface area contributed by atoms with Crippen LogP contribution in [-0.2, 0) is 4.79 Å². The Morgan fingerprint density at radius 3 is 2.63 bits per heavy atom. The largest absolute Gasteiger partial charge is 0.482 e. The molecule has 1 aliphatic heterocycles. The molecule has 150 valence electrons. The number of carboxylic acids is 1. The lowest BCUT2D eigenvalue weighted by Gasteiger charge is -2.31. The van der Waals surface area contributed by atoms with Crippen molar-refractivity contribution in [2.45, 2.75) is 75.9 Å². The quantitative estimate of drug-likeness (QED) is 0.646. The number of aliphatic hydroxyl groups is 1. The summed E-state index contributed by atoms with van der Waals surface area (Å²) in [5.74, 6) is 1.02. The Morgan fingerprint density at radius 1 is 1.11 bits per heavy atom. The molecule has 1 saturated carbocycles. The van der Waals surface area contributed by atoms with Gasteiger partial charge in [-0.15, -0.1) is 0 Å². The van der Waals surface area contributed by atoms with Crippen molar-refractivity contribution in [3.63, 3.8) is 0 Å². The molecule has 2 aliphatic rings. The third kappa shape index (κ3) is 5.94. The zero-order chi connectivity index (χ0) is 19.1. The number of piperidine rings is 1. The van der Waals surface area contributed by atoms with Crippen LogP contribution in [0.4, 0.5) is 0 Å². The summed E-state index contributed by atoms with van der Waals surface area (Å²) in [5, 5.41) is 22.4. The van der Waals surface area contributed by atoms with E-state index in [4.69, 9.17) is 9.84 Å². The molecule has 27 heavy (non-hydrogen) atoms. The summed E-state index contributed by atoms with van der Waals surface area (Å²) in [4.78, 5) is 10.8. The lowest BCUT2D eigenvalue weighted by atomic mass is 9.76. The van der Waals surface area contributed by atoms with E-state index in [1.807, 2.05) is 18.2 Å². The summed E-state index contributed by atoms with van der Waals surface area (Å²) < 4.78 is 5.49. The minimum atomic E-state index is -0.939. The van der Waals surface area contributed by atoms with Crippen molar-refractivity contribution in [2.24, 2.45) is 5.92 Å². The molecule has 1 saturated heterocycles. The molecule has 1 aliphatic carbocycles. The summed E-state index contributed by atoms with van der Waals surface area (Å²) in [6.07, 6.45) is 10.1. The van der Waals surface area contributed by atoms with Gasteiger partial charge < -0.3 is 20.3 Å². The van der Waals surface area contributed by atoms with E-state index < -0.39 is 5.97 Å². The minimum Gasteiger partial charge on any atom is -0.482 e. The molecule has 0 radical (unpaired) electrons. The Morgan fingerprint density at radius 2 is 1.89 bits per heavy atom. The van der Waals surface area contributed by atoms with Gasteiger partial charge in [0.25, 0.3) is 0 Å². The number of nitrogens with one attached hydrogen (secondary N) is 1. The maximum atomic E-state index is 10.8. The molecule has 1 heterocycles. The van der Waals surface area contributed by atoms with E-state index in [0.29, 0.717) is 5.92 Å². The minimum absolute atomic E-state index is 0.170. The van der Waals surface area contributed by atoms with Crippen molar-refractivity contribution in [3.05, 3.63) is 29.8 Å². The maximum Gasteiger partial charge on any atom is 0.341 e. The summed E-state index contributed by atoms with van der Waals surface area (Å²) in [6.45, 7) is 0.754. The maximum absolute atomic E-state index is 10.8. The van der Waals surface area contributed by atoms with Gasteiger partial charge in [-0.05, 0) is 75.0 Å². The van der Waals surface area contributed by atoms with Crippen LogP contribution in [0.1, 0.15) is 69.3 Å². The first-order valence-corrected chi connectivity index (χ1v) is 10.5. The molecule has 0 spiro atoms. The first-order valence-electron chi connectivity index (χ1n) is 10.5. The van der Waals surface area contributed by atoms with E-state index in [1.54, 1.807) is 0 Å². The normalized spacial score (nSPS) is 28.6. The number of ether oxygens (including phenoxy) is 1. The fourth-order valence-electron chi connectivity index (χ4n) is 4.71. The van der Waals surface area contributed by atoms with Gasteiger partial charge in [0.2, 0.25) is 0 Å². The van der Waals surface area contributed by atoms with Gasteiger partial charge in [-0.1, -0.05) is 31.0 Å². The Bertz CT molecular complexity index is 598. The van der Waals surface area contributed by atoms with E-state index >= 15 is 0 Å². The van der Waals surface area contributed by atoms with Gasteiger partial charge in [-0.2, -0.15) is 0 Å². The smallest absolute Gasteiger partial charge is 0.341 e. The van der Waals surface area contributed by atoms with Gasteiger partial charge in [-0.3, -0.25) is 0 Å². The van der Waals surface area contributed by atoms with Crippen LogP contribution in [0.3, 0.4) is 0 Å². The Balaban J connectivity index is 1.43. The van der Waals surface area contributed by atoms with Crippen LogP contribution in [0.25, 0.3) is 0 Å². The molecule has 0 amide bonds. The standard InChI is InChI=1S/C22H33NO4/c24-20-8-4-14-23-19(20)7-3-5-16-10-12-17(13-11-16)18-6-1-2-9-21(18)27-15-22(25)26/h1-2,6,9,16-17,19-20,23-24H,3-5,7-8,10-15H2,(H,25,26). The first-order chi connectivity index (χ1) is 13.1. The molecule has 2 atom stereocenters. The number of hydrogen-bond donors (Lipinski definition) is 3. The number of hydrogen-bond acceptors (Lipinski definition) is 4. The number of carbonyl (C=O) groups is 1. The predicted octanol–water partition coefficient (Wildman–Crippen LogP) is 3.71. The first kappa shape index (κ1) is 20.2. The molecule has 2 fully saturated rings. The molecular formula is C22H33NO4. The van der Waals surface area contributed by atoms with Crippen molar-refractivity contribution in [3.8, 4) is 5.75 Å². The molecular weight excluding hydrogens is 342 g/mol. The van der Waals surface area contributed by atoms with E-state index in [9.17, 15) is 9.90 Å². The van der Waals surface area contributed by atoms with Gasteiger partial charge >= 0.3 is 5.97 Å². The van der Waals surface area contributed by atoms with Crippen LogP contribution < -0.4 is 10.1 Å². The Labute approximate surface area is 162 Å². The van der Waals surface area contributed by atoms with Crippen molar-refractivity contribution in [2.75, 3.05) is 13.2 Å². The van der Waals surface area contributed by atoms with Gasteiger partial charge in [-0.25, -0.2) is 4.79 Å². The number of rotatable bonds is 8. The van der Waals surface area contributed by atoms with Crippen molar-refractivity contribution < 1.29 is 19.7 Å². The third-order valence-corrected chi connectivity index (χ3v) is 6.23. The lowest BCUT2D eigenvalue weighted by Crippen LogP contribution is -2.44. The number of aliphatic hydroxyl groups excluding tert-OH is 1. The van der Waals surface area contributed by atoms with Crippen molar-refractivity contribution in [1.29, 1.82) is 0 Å². The van der Waals surface area contributed by atoms with Crippen LogP contribution in [0.5, 0.6) is 5.75 Å². The second kappa shape index (κ2) is 10.1. The molecule has 3 rings (SSSR count). The predicted molar refractivity (Wildman–Crippen MR) is 105 cm³/mol. The third-order valence-electron chi connectivity index (χ3n) is 6.23. The van der Waals surface area contributed by atoms with Crippen molar-refractivity contribution in [1.82, 2.24) is 5.32 Å². The zero-order valence-electron chi connectivity index (χ0n) is 16.1. The fourth-order valence-corrected chi connectivity index (χ4v) is 4.71. The highest BCUT2D eigenvalue weighted by molar-refractivity contribution is 5.68.